The van der Waals surface area contributed by atoms with Gasteiger partial charge in [-0.2, -0.15) is 0 Å². The quantitative estimate of drug-likeness (QED) is 0.140. The van der Waals surface area contributed by atoms with Crippen LogP contribution in [0.4, 0.5) is 10.5 Å². The first-order valence-electron chi connectivity index (χ1n) is 15.3. The Kier molecular flexibility index (Phi) is 11.8. The van der Waals surface area contributed by atoms with Crippen LogP contribution in [0.3, 0.4) is 0 Å². The number of rotatable bonds is 12. The molecule has 1 fully saturated rings. The molecule has 1 aliphatic heterocycles. The Labute approximate surface area is 261 Å². The lowest BCUT2D eigenvalue weighted by Crippen LogP contribution is -2.50. The third-order valence-electron chi connectivity index (χ3n) is 7.19. The Morgan fingerprint density at radius 2 is 1.50 bits per heavy atom. The maximum atomic E-state index is 13.1. The lowest BCUT2D eigenvalue weighted by Gasteiger charge is -2.35. The van der Waals surface area contributed by atoms with Crippen LogP contribution in [0.15, 0.2) is 84.9 Å². The normalized spacial score (nSPS) is 14.2. The first-order chi connectivity index (χ1) is 21.2. The minimum Gasteiger partial charge on any atom is -0.489 e. The van der Waals surface area contributed by atoms with Gasteiger partial charge in [-0.15, -0.1) is 0 Å². The number of hydrogen-bond acceptors (Lipinski definition) is 7. The molecule has 0 saturated carbocycles. The van der Waals surface area contributed by atoms with E-state index in [1.54, 1.807) is 11.0 Å². The van der Waals surface area contributed by atoms with Gasteiger partial charge in [0.05, 0.1) is 5.57 Å². The highest BCUT2D eigenvalue weighted by Crippen LogP contribution is 2.28. The second kappa shape index (κ2) is 16.0. The summed E-state index contributed by atoms with van der Waals surface area (Å²) >= 11 is 0. The molecule has 4 rings (SSSR count). The van der Waals surface area contributed by atoms with Crippen molar-refractivity contribution in [1.29, 1.82) is 0 Å². The number of nitrogens with zero attached hydrogens (tertiary/aromatic N) is 2. The van der Waals surface area contributed by atoms with Crippen LogP contribution < -0.4 is 10.1 Å². The van der Waals surface area contributed by atoms with Crippen molar-refractivity contribution >= 4 is 23.3 Å². The monoisotopic (exact) mass is 599 g/mol. The first-order valence-corrected chi connectivity index (χ1v) is 15.3. The molecule has 0 atom stereocenters. The number of allylic oxidation sites excluding steroid dienone is 1. The lowest BCUT2D eigenvalue weighted by molar-refractivity contribution is -0.137. The van der Waals surface area contributed by atoms with Gasteiger partial charge in [-0.1, -0.05) is 66.7 Å². The zero-order valence-corrected chi connectivity index (χ0v) is 26.4. The van der Waals surface area contributed by atoms with E-state index in [1.807, 2.05) is 107 Å². The fourth-order valence-corrected chi connectivity index (χ4v) is 4.90. The molecule has 8 nitrogen and oxygen atoms in total. The van der Waals surface area contributed by atoms with Gasteiger partial charge in [0.25, 0.3) is 0 Å². The van der Waals surface area contributed by atoms with Gasteiger partial charge in [0.1, 0.15) is 24.6 Å². The lowest BCUT2D eigenvalue weighted by atomic mass is 10.0. The van der Waals surface area contributed by atoms with Crippen LogP contribution in [0.1, 0.15) is 50.8 Å². The summed E-state index contributed by atoms with van der Waals surface area (Å²) in [6.45, 7) is 12.8. The number of carbonyl (C=O) groups is 2. The minimum absolute atomic E-state index is 0.207. The van der Waals surface area contributed by atoms with E-state index >= 15 is 0 Å². The predicted molar refractivity (Wildman–Crippen MR) is 174 cm³/mol. The zero-order chi connectivity index (χ0) is 31.4. The van der Waals surface area contributed by atoms with E-state index in [0.717, 1.165) is 55.0 Å². The smallest absolute Gasteiger partial charge is 0.410 e. The van der Waals surface area contributed by atoms with Gasteiger partial charge in [-0.3, -0.25) is 4.90 Å². The second-order valence-corrected chi connectivity index (χ2v) is 11.9. The number of nitrogens with one attached hydrogen (secondary N) is 1. The standard InChI is InChI=1S/C36H45N3O5/c1-5-33(34(40)43-27-29-15-10-7-11-16-29)30-23-31(25-32(24-30)42-26-28-13-8-6-9-14-28)37-17-12-18-38-19-21-39(22-20-38)35(41)44-36(2,3)4/h5-11,13-16,23-25,37H,12,17-22,26-27H2,1-4H3/b33-5+. The Morgan fingerprint density at radius 1 is 0.864 bits per heavy atom. The van der Waals surface area contributed by atoms with Crippen molar-refractivity contribution in [2.45, 2.75) is 52.9 Å². The Morgan fingerprint density at radius 3 is 2.11 bits per heavy atom. The number of ether oxygens (including phenoxy) is 3. The number of benzene rings is 3. The van der Waals surface area contributed by atoms with E-state index < -0.39 is 5.60 Å². The largest absolute Gasteiger partial charge is 0.489 e. The van der Waals surface area contributed by atoms with Gasteiger partial charge in [0, 0.05) is 44.5 Å². The van der Waals surface area contributed by atoms with Crippen molar-refractivity contribution in [3.8, 4) is 5.75 Å². The fourth-order valence-electron chi connectivity index (χ4n) is 4.90. The molecule has 3 aromatic rings. The van der Waals surface area contributed by atoms with E-state index in [9.17, 15) is 9.59 Å². The highest BCUT2D eigenvalue weighted by atomic mass is 16.6. The topological polar surface area (TPSA) is 80.3 Å². The van der Waals surface area contributed by atoms with Gasteiger partial charge in [-0.25, -0.2) is 9.59 Å². The molecule has 1 saturated heterocycles. The number of carbonyl (C=O) groups excluding carboxylic acids is 2. The summed E-state index contributed by atoms with van der Waals surface area (Å²) in [5, 5.41) is 3.52. The molecule has 0 unspecified atom stereocenters. The van der Waals surface area contributed by atoms with Crippen molar-refractivity contribution in [2.75, 3.05) is 44.6 Å². The van der Waals surface area contributed by atoms with E-state index in [-0.39, 0.29) is 18.7 Å². The molecule has 0 radical (unpaired) electrons. The summed E-state index contributed by atoms with van der Waals surface area (Å²) in [5.74, 6) is 0.287. The SMILES string of the molecule is C/C=C(/C(=O)OCc1ccccc1)c1cc(NCCCN2CCN(C(=O)OC(C)(C)C)CC2)cc(OCc2ccccc2)c1. The Bertz CT molecular complexity index is 1380. The summed E-state index contributed by atoms with van der Waals surface area (Å²) in [6, 6.07) is 25.5. The van der Waals surface area contributed by atoms with Crippen LogP contribution in [0.25, 0.3) is 5.57 Å². The number of anilines is 1. The van der Waals surface area contributed by atoms with Crippen molar-refractivity contribution in [3.05, 3.63) is 102 Å². The maximum Gasteiger partial charge on any atom is 0.410 e. The van der Waals surface area contributed by atoms with Crippen LogP contribution in [0, 0.1) is 0 Å². The van der Waals surface area contributed by atoms with Gasteiger partial charge in [0.2, 0.25) is 0 Å². The van der Waals surface area contributed by atoms with E-state index in [2.05, 4.69) is 10.2 Å². The molecule has 1 N–H and O–H groups in total. The summed E-state index contributed by atoms with van der Waals surface area (Å²) in [4.78, 5) is 29.6. The average molecular weight is 600 g/mol. The van der Waals surface area contributed by atoms with Crippen LogP contribution in [-0.2, 0) is 27.5 Å². The molecule has 0 bridgehead atoms. The Hall–Kier alpha value is -4.30. The summed E-state index contributed by atoms with van der Waals surface area (Å²) in [5.41, 5.74) is 3.60. The highest BCUT2D eigenvalue weighted by molar-refractivity contribution is 6.16. The fraction of sp³-hybridized carbons (Fsp3) is 0.389. The molecule has 1 amide bonds. The van der Waals surface area contributed by atoms with Gasteiger partial charge in [-0.05, 0) is 69.5 Å². The molecule has 0 aromatic heterocycles. The molecule has 234 valence electrons. The number of piperazine rings is 1. The average Bonchev–Trinajstić information content (AvgIpc) is 3.02. The summed E-state index contributed by atoms with van der Waals surface area (Å²) in [6.07, 6.45) is 2.46. The highest BCUT2D eigenvalue weighted by Gasteiger charge is 2.25. The van der Waals surface area contributed by atoms with Crippen molar-refractivity contribution in [2.24, 2.45) is 0 Å². The van der Waals surface area contributed by atoms with E-state index in [0.29, 0.717) is 31.0 Å². The van der Waals surface area contributed by atoms with Gasteiger partial charge >= 0.3 is 12.1 Å². The predicted octanol–water partition coefficient (Wildman–Crippen LogP) is 6.77. The maximum absolute atomic E-state index is 13.1. The van der Waals surface area contributed by atoms with E-state index in [4.69, 9.17) is 14.2 Å². The molecule has 3 aromatic carbocycles. The van der Waals surface area contributed by atoms with Gasteiger partial charge < -0.3 is 24.4 Å². The first kappa shape index (κ1) is 32.6. The van der Waals surface area contributed by atoms with Crippen molar-refractivity contribution in [1.82, 2.24) is 9.80 Å². The molecular formula is C36H45N3O5. The van der Waals surface area contributed by atoms with Crippen LogP contribution >= 0.6 is 0 Å². The molecule has 0 aliphatic carbocycles. The second-order valence-electron chi connectivity index (χ2n) is 11.9. The van der Waals surface area contributed by atoms with Gasteiger partial charge in [0.15, 0.2) is 0 Å². The Balaban J connectivity index is 1.35. The molecule has 1 aliphatic rings. The molecule has 8 heteroatoms. The third-order valence-corrected chi connectivity index (χ3v) is 7.19. The summed E-state index contributed by atoms with van der Waals surface area (Å²) in [7, 11) is 0. The van der Waals surface area contributed by atoms with E-state index in [1.165, 1.54) is 0 Å². The van der Waals surface area contributed by atoms with Crippen molar-refractivity contribution in [3.63, 3.8) is 0 Å². The van der Waals surface area contributed by atoms with Crippen LogP contribution in [-0.4, -0.2) is 66.7 Å². The number of hydrogen-bond donors (Lipinski definition) is 1. The molecule has 1 heterocycles. The van der Waals surface area contributed by atoms with Crippen LogP contribution in [0.5, 0.6) is 5.75 Å². The van der Waals surface area contributed by atoms with Crippen molar-refractivity contribution < 1.29 is 23.8 Å². The molecule has 0 spiro atoms. The number of esters is 1. The molecule has 44 heavy (non-hydrogen) atoms. The minimum atomic E-state index is -0.486. The van der Waals surface area contributed by atoms with Crippen LogP contribution in [0.2, 0.25) is 0 Å². The molecular weight excluding hydrogens is 554 g/mol. The zero-order valence-electron chi connectivity index (χ0n) is 26.4. The number of amides is 1. The third kappa shape index (κ3) is 10.5. The summed E-state index contributed by atoms with van der Waals surface area (Å²) < 4.78 is 17.3.